The van der Waals surface area contributed by atoms with Crippen LogP contribution >= 0.6 is 0 Å². The molecular weight excluding hydrogens is 400 g/mol. The molecule has 0 aliphatic rings. The molecule has 0 heterocycles. The minimum absolute atomic E-state index is 0. The van der Waals surface area contributed by atoms with E-state index in [4.69, 9.17) is 5.11 Å². The lowest BCUT2D eigenvalue weighted by Crippen LogP contribution is -3.00. The first-order valence-corrected chi connectivity index (χ1v) is 12.3. The van der Waals surface area contributed by atoms with Gasteiger partial charge in [0.25, 0.3) is 0 Å². The van der Waals surface area contributed by atoms with E-state index in [0.717, 1.165) is 25.8 Å². The van der Waals surface area contributed by atoms with Gasteiger partial charge in [0, 0.05) is 19.4 Å². The van der Waals surface area contributed by atoms with Gasteiger partial charge in [0.15, 0.2) is 0 Å². The zero-order valence-electron chi connectivity index (χ0n) is 20.1. The molecule has 1 atom stereocenters. The number of amides is 1. The lowest BCUT2D eigenvalue weighted by atomic mass is 10.0. The molecule has 0 bridgehead atoms. The highest BCUT2D eigenvalue weighted by atomic mass is 35.5. The van der Waals surface area contributed by atoms with Crippen molar-refractivity contribution in [2.75, 3.05) is 40.3 Å². The van der Waals surface area contributed by atoms with Crippen LogP contribution in [0.1, 0.15) is 103 Å². The summed E-state index contributed by atoms with van der Waals surface area (Å²) in [6, 6.07) is 0. The number of unbranched alkanes of at least 4 members (excludes halogenated alkanes) is 12. The van der Waals surface area contributed by atoms with E-state index in [1.165, 1.54) is 70.6 Å². The Hall–Kier alpha value is -0.360. The number of rotatable bonds is 21. The summed E-state index contributed by atoms with van der Waals surface area (Å²) in [5.74, 6) is 0.161. The molecule has 1 unspecified atom stereocenters. The molecule has 0 aliphatic carbocycles. The summed E-state index contributed by atoms with van der Waals surface area (Å²) < 4.78 is 0.649. The minimum Gasteiger partial charge on any atom is -1.00 e. The van der Waals surface area contributed by atoms with Crippen molar-refractivity contribution in [3.05, 3.63) is 0 Å². The highest BCUT2D eigenvalue weighted by Crippen LogP contribution is 2.13. The molecule has 0 spiro atoms. The third kappa shape index (κ3) is 22.3. The van der Waals surface area contributed by atoms with Crippen LogP contribution in [0.2, 0.25) is 0 Å². The van der Waals surface area contributed by atoms with Crippen LogP contribution in [-0.4, -0.2) is 67.0 Å². The van der Waals surface area contributed by atoms with Crippen LogP contribution in [0.5, 0.6) is 0 Å². The number of nitrogens with zero attached hydrogens (tertiary/aromatic N) is 1. The Kier molecular flexibility index (Phi) is 23.2. The molecule has 3 N–H and O–H groups in total. The third-order valence-corrected chi connectivity index (χ3v) is 5.69. The second-order valence-corrected chi connectivity index (χ2v) is 9.37. The quantitative estimate of drug-likeness (QED) is 0.183. The van der Waals surface area contributed by atoms with E-state index >= 15 is 0 Å². The number of likely N-dealkylation sites (N-methyl/N-ethyl adjacent to an activating group) is 1. The van der Waals surface area contributed by atoms with Crippen LogP contribution in [0, 0.1) is 0 Å². The van der Waals surface area contributed by atoms with E-state index in [1.807, 2.05) is 14.1 Å². The molecule has 0 saturated heterocycles. The minimum atomic E-state index is -0.671. The Labute approximate surface area is 193 Å². The molecule has 0 radical (unpaired) electrons. The maximum Gasteiger partial charge on any atom is 0.219 e. The number of carbonyl (C=O) groups is 1. The molecule has 0 aromatic heterocycles. The lowest BCUT2D eigenvalue weighted by molar-refractivity contribution is -0.893. The second kappa shape index (κ2) is 21.9. The summed E-state index contributed by atoms with van der Waals surface area (Å²) in [6.07, 6.45) is 18.1. The van der Waals surface area contributed by atoms with Gasteiger partial charge >= 0.3 is 0 Å². The van der Waals surface area contributed by atoms with Crippen molar-refractivity contribution in [2.45, 2.75) is 109 Å². The molecule has 6 heteroatoms. The lowest BCUT2D eigenvalue weighted by Gasteiger charge is -2.31. The van der Waals surface area contributed by atoms with Gasteiger partial charge in [-0.3, -0.25) is 4.79 Å². The number of quaternary nitrogens is 1. The van der Waals surface area contributed by atoms with Crippen LogP contribution < -0.4 is 17.7 Å². The summed E-state index contributed by atoms with van der Waals surface area (Å²) in [4.78, 5) is 11.9. The van der Waals surface area contributed by atoms with Gasteiger partial charge in [0.1, 0.15) is 12.6 Å². The van der Waals surface area contributed by atoms with Gasteiger partial charge in [0.05, 0.1) is 27.2 Å². The number of carbonyl (C=O) groups excluding carboxylic acids is 1. The SMILES string of the molecule is CCCCCCCCCCCCCCCC(=O)NCCC[N+](C)(C)CC(O)CO.[Cl-]. The van der Waals surface area contributed by atoms with Crippen LogP contribution in [0.25, 0.3) is 0 Å². The Morgan fingerprint density at radius 1 is 0.833 bits per heavy atom. The van der Waals surface area contributed by atoms with Gasteiger partial charge in [-0.2, -0.15) is 0 Å². The monoisotopic (exact) mass is 450 g/mol. The average molecular weight is 451 g/mol. The predicted octanol–water partition coefficient (Wildman–Crippen LogP) is 1.41. The summed E-state index contributed by atoms with van der Waals surface area (Å²) in [5.41, 5.74) is 0. The number of nitrogens with one attached hydrogen (secondary N) is 1. The molecule has 5 nitrogen and oxygen atoms in total. The molecule has 0 aromatic carbocycles. The first-order chi connectivity index (χ1) is 13.9. The molecule has 1 amide bonds. The largest absolute Gasteiger partial charge is 1.00 e. The summed E-state index contributed by atoms with van der Waals surface area (Å²) in [7, 11) is 4.07. The molecule has 0 fully saturated rings. The summed E-state index contributed by atoms with van der Waals surface area (Å²) >= 11 is 0. The number of aliphatic hydroxyl groups is 2. The number of halogens is 1. The Balaban J connectivity index is 0. The van der Waals surface area contributed by atoms with Crippen molar-refractivity contribution in [3.63, 3.8) is 0 Å². The zero-order valence-corrected chi connectivity index (χ0v) is 20.9. The van der Waals surface area contributed by atoms with Crippen LogP contribution in [0.4, 0.5) is 0 Å². The topological polar surface area (TPSA) is 69.6 Å². The van der Waals surface area contributed by atoms with E-state index in [0.29, 0.717) is 24.0 Å². The Bertz CT molecular complexity index is 381. The number of aliphatic hydroxyl groups excluding tert-OH is 2. The molecule has 0 saturated carbocycles. The van der Waals surface area contributed by atoms with E-state index in [1.54, 1.807) is 0 Å². The fourth-order valence-electron chi connectivity index (χ4n) is 3.85. The van der Waals surface area contributed by atoms with Gasteiger partial charge in [-0.25, -0.2) is 0 Å². The highest BCUT2D eigenvalue weighted by Gasteiger charge is 2.19. The molecule has 0 rings (SSSR count). The van der Waals surface area contributed by atoms with E-state index in [2.05, 4.69) is 12.2 Å². The van der Waals surface area contributed by atoms with Crippen LogP contribution in [0.3, 0.4) is 0 Å². The smallest absolute Gasteiger partial charge is 0.219 e. The molecular formula is C24H51ClN2O3. The Morgan fingerprint density at radius 2 is 1.30 bits per heavy atom. The van der Waals surface area contributed by atoms with Gasteiger partial charge in [0.2, 0.25) is 5.91 Å². The third-order valence-electron chi connectivity index (χ3n) is 5.69. The van der Waals surface area contributed by atoms with Gasteiger partial charge in [-0.1, -0.05) is 84.0 Å². The van der Waals surface area contributed by atoms with Crippen molar-refractivity contribution in [2.24, 2.45) is 0 Å². The van der Waals surface area contributed by atoms with Gasteiger partial charge in [-0.15, -0.1) is 0 Å². The standard InChI is InChI=1S/C24H50N2O3.ClH/c1-4-5-6-7-8-9-10-11-12-13-14-15-16-18-24(29)25-19-17-20-26(2,3)21-23(28)22-27;/h23,27-28H,4-22H2,1-3H3;1H. The molecule has 0 aromatic rings. The van der Waals surface area contributed by atoms with E-state index < -0.39 is 6.10 Å². The van der Waals surface area contributed by atoms with Crippen LogP contribution in [0.15, 0.2) is 0 Å². The van der Waals surface area contributed by atoms with Crippen molar-refractivity contribution in [1.82, 2.24) is 5.32 Å². The number of hydrogen-bond donors (Lipinski definition) is 3. The summed E-state index contributed by atoms with van der Waals surface area (Å²) in [6.45, 7) is 4.16. The zero-order chi connectivity index (χ0) is 21.8. The second-order valence-electron chi connectivity index (χ2n) is 9.37. The van der Waals surface area contributed by atoms with Crippen molar-refractivity contribution >= 4 is 5.91 Å². The van der Waals surface area contributed by atoms with Crippen LogP contribution in [-0.2, 0) is 4.79 Å². The van der Waals surface area contributed by atoms with Crippen molar-refractivity contribution in [3.8, 4) is 0 Å². The normalized spacial score (nSPS) is 12.4. The molecule has 30 heavy (non-hydrogen) atoms. The average Bonchev–Trinajstić information content (AvgIpc) is 2.68. The van der Waals surface area contributed by atoms with Gasteiger partial charge in [-0.05, 0) is 6.42 Å². The first kappa shape index (κ1) is 31.8. The summed E-state index contributed by atoms with van der Waals surface area (Å²) in [5, 5.41) is 21.5. The van der Waals surface area contributed by atoms with E-state index in [-0.39, 0.29) is 24.9 Å². The fraction of sp³-hybridized carbons (Fsp3) is 0.958. The number of hydrogen-bond acceptors (Lipinski definition) is 3. The highest BCUT2D eigenvalue weighted by molar-refractivity contribution is 5.75. The first-order valence-electron chi connectivity index (χ1n) is 12.3. The van der Waals surface area contributed by atoms with Crippen molar-refractivity contribution < 1.29 is 31.9 Å². The fourth-order valence-corrected chi connectivity index (χ4v) is 3.85. The maximum atomic E-state index is 11.9. The molecule has 182 valence electrons. The predicted molar refractivity (Wildman–Crippen MR) is 123 cm³/mol. The van der Waals surface area contributed by atoms with E-state index in [9.17, 15) is 9.90 Å². The van der Waals surface area contributed by atoms with Crippen molar-refractivity contribution in [1.29, 1.82) is 0 Å². The maximum absolute atomic E-state index is 11.9. The Morgan fingerprint density at radius 3 is 1.77 bits per heavy atom. The van der Waals surface area contributed by atoms with Gasteiger partial charge < -0.3 is 32.4 Å². The molecule has 0 aliphatic heterocycles.